The Morgan fingerprint density at radius 3 is 2.08 bits per heavy atom. The van der Waals surface area contributed by atoms with Crippen molar-refractivity contribution in [3.63, 3.8) is 0 Å². The number of nitrogens with one attached hydrogen (secondary N) is 5. The van der Waals surface area contributed by atoms with Gasteiger partial charge in [0.25, 0.3) is 11.8 Å². The Bertz CT molecular complexity index is 3700. The molecule has 9 rings (SSSR count). The van der Waals surface area contributed by atoms with Gasteiger partial charge in [0.15, 0.2) is 40.8 Å². The van der Waals surface area contributed by atoms with Gasteiger partial charge >= 0.3 is 25.7 Å². The molecule has 496 valence electrons. The molecule has 39 heteroatoms. The number of halogens is 1. The van der Waals surface area contributed by atoms with Crippen LogP contribution >= 0.6 is 38.1 Å². The molecular weight excluding hydrogens is 1290 g/mol. The van der Waals surface area contributed by atoms with Crippen LogP contribution in [-0.4, -0.2) is 179 Å². The number of nitrogen functional groups attached to an aromatic ring is 1. The molecule has 9 N–H and O–H groups in total. The van der Waals surface area contributed by atoms with Crippen molar-refractivity contribution < 1.29 is 84.2 Å². The third kappa shape index (κ3) is 16.9. The number of carbonyl (C=O) groups is 8. The first kappa shape index (κ1) is 68.6. The highest BCUT2D eigenvalue weighted by Gasteiger charge is 2.53. The summed E-state index contributed by atoms with van der Waals surface area (Å²) in [5, 5.41) is 13.2. The molecule has 3 fully saturated rings. The number of aromatic nitrogens is 8. The predicted molar refractivity (Wildman–Crippen MR) is 328 cm³/mol. The standard InChI is InChI=1S/C53H68FN17O17P2S2/c1-27(2)39(66-35(73)16-19-69-36(74)14-15-37(69)75)49(77)65-31(8-5-6-17-57-52(56)78)48(76)64-30-12-10-29(11-13-30)20-82-53(79)68(4)18-7-9-34(72)67-45-41-47(61-24-59-45)71(26-63-41)51-38(54)43-33(86-51)22-84-89(80,91)87-42-28(3)50(85-32(42)21-83-90(81,92)88-43)70-25-62-40-44(55)58-23-60-46(40)70/h10-15,23-28,31-33,38-39,42-43,50-51H,5-9,16-22H2,1-4H3,(H,64,76)(H,65,77)(H,66,73)(H,80,91)(H,81,92)(H2,55,58,60)(H3,56,57,78)(H,59,61,67,72)/t28-,31+,32-,33-,38-,39+,42+,43-,50-,51-,89-,90-/m1/s1. The zero-order valence-electron chi connectivity index (χ0n) is 49.8. The third-order valence-corrected chi connectivity index (χ3v) is 18.4. The van der Waals surface area contributed by atoms with Crippen LogP contribution in [0.1, 0.15) is 77.3 Å². The van der Waals surface area contributed by atoms with E-state index in [1.165, 1.54) is 35.5 Å². The van der Waals surface area contributed by atoms with E-state index in [9.17, 15) is 47.5 Å². The minimum Gasteiger partial charge on any atom is -0.445 e. The normalized spacial score (nSPS) is 25.5. The lowest BCUT2D eigenvalue weighted by atomic mass is 10.0. The Kier molecular flexibility index (Phi) is 22.3. The Balaban J connectivity index is 0.738. The Hall–Kier alpha value is -7.73. The van der Waals surface area contributed by atoms with Crippen molar-refractivity contribution in [2.45, 2.75) is 121 Å². The molecular formula is C53H68FN17O17P2S2. The molecule has 0 saturated carbocycles. The van der Waals surface area contributed by atoms with E-state index < -0.39 is 141 Å². The SMILES string of the molecule is CC(C)[C@H](NC(=O)CCN1C(=O)C=CC1=O)C(=O)N[C@@H](CCCCNC(N)=O)C(=O)Nc1ccc(COC(=O)N(C)CCCC(=O)Nc2ncnc3c2ncn3[C@@H]2O[C@@H]3CO[P@@](=O)(S)O[C@H]4[C@@H](C)[C@H](n5cnc6c(N)ncnc65)O[C@@H]4CO[P@@](=O)(S)O[C@H]3[C@H]2F)cc1. The summed E-state index contributed by atoms with van der Waals surface area (Å²) in [4.78, 5) is 129. The summed E-state index contributed by atoms with van der Waals surface area (Å²) in [5.74, 6) is -4.42. The van der Waals surface area contributed by atoms with E-state index in [2.05, 4.69) is 81.0 Å². The number of hydrogen-bond donors (Lipinski definition) is 9. The van der Waals surface area contributed by atoms with Crippen molar-refractivity contribution in [2.75, 3.05) is 56.3 Å². The molecule has 0 spiro atoms. The van der Waals surface area contributed by atoms with Crippen molar-refractivity contribution in [3.05, 3.63) is 67.3 Å². The van der Waals surface area contributed by atoms with Crippen LogP contribution < -0.4 is 38.1 Å². The molecule has 92 heavy (non-hydrogen) atoms. The second-order valence-electron chi connectivity index (χ2n) is 22.1. The number of fused-ring (bicyclic) bond motifs is 4. The minimum absolute atomic E-state index is 0.00521. The van der Waals surface area contributed by atoms with Crippen LogP contribution in [0.4, 0.5) is 31.3 Å². The summed E-state index contributed by atoms with van der Waals surface area (Å²) in [5.41, 5.74) is 12.7. The van der Waals surface area contributed by atoms with Gasteiger partial charge in [-0.2, -0.15) is 0 Å². The van der Waals surface area contributed by atoms with E-state index >= 15 is 4.39 Å². The number of nitrogens with two attached hydrogens (primary N) is 2. The molecule has 12 atom stereocenters. The molecule has 3 saturated heterocycles. The maximum Gasteiger partial charge on any atom is 0.409 e. The molecule has 4 aromatic heterocycles. The van der Waals surface area contributed by atoms with Gasteiger partial charge in [0, 0.05) is 63.3 Å². The van der Waals surface area contributed by atoms with E-state index in [0.717, 1.165) is 23.4 Å². The quantitative estimate of drug-likeness (QED) is 0.0195. The van der Waals surface area contributed by atoms with E-state index in [1.54, 1.807) is 49.6 Å². The number of carbonyl (C=O) groups excluding carboxylic acids is 8. The lowest BCUT2D eigenvalue weighted by Gasteiger charge is -2.28. The first-order chi connectivity index (χ1) is 43.8. The number of anilines is 3. The maximum absolute atomic E-state index is 16.8. The van der Waals surface area contributed by atoms with E-state index in [-0.39, 0.29) is 74.7 Å². The lowest BCUT2D eigenvalue weighted by molar-refractivity contribution is -0.137. The van der Waals surface area contributed by atoms with E-state index in [4.69, 9.17) is 43.8 Å². The second-order valence-corrected chi connectivity index (χ2v) is 27.8. The fourth-order valence-electron chi connectivity index (χ4n) is 10.4. The fourth-order valence-corrected chi connectivity index (χ4v) is 13.4. The number of benzene rings is 1. The summed E-state index contributed by atoms with van der Waals surface area (Å²) in [7, 11) is 1.48. The number of imide groups is 1. The number of hydrogen-bond acceptors (Lipinski definition) is 24. The van der Waals surface area contributed by atoms with Gasteiger partial charge in [-0.15, -0.1) is 0 Å². The van der Waals surface area contributed by atoms with Gasteiger partial charge in [0.2, 0.25) is 23.6 Å². The highest BCUT2D eigenvalue weighted by Crippen LogP contribution is 2.61. The van der Waals surface area contributed by atoms with Crippen LogP contribution in [0.25, 0.3) is 22.3 Å². The van der Waals surface area contributed by atoms with Crippen molar-refractivity contribution in [1.82, 2.24) is 64.8 Å². The van der Waals surface area contributed by atoms with Gasteiger partial charge in [0.05, 0.1) is 25.9 Å². The first-order valence-electron chi connectivity index (χ1n) is 28.9. The van der Waals surface area contributed by atoms with Crippen LogP contribution in [0.2, 0.25) is 0 Å². The number of primary amides is 1. The molecule has 0 unspecified atom stereocenters. The van der Waals surface area contributed by atoms with Crippen LogP contribution in [0.3, 0.4) is 0 Å². The highest BCUT2D eigenvalue weighted by atomic mass is 32.7. The lowest BCUT2D eigenvalue weighted by Crippen LogP contribution is -2.54. The van der Waals surface area contributed by atoms with Gasteiger partial charge in [-0.3, -0.25) is 60.9 Å². The van der Waals surface area contributed by atoms with Crippen molar-refractivity contribution >= 4 is 125 Å². The van der Waals surface area contributed by atoms with Crippen molar-refractivity contribution in [1.29, 1.82) is 0 Å². The number of nitrogens with zero attached hydrogens (tertiary/aromatic N) is 10. The van der Waals surface area contributed by atoms with Crippen molar-refractivity contribution in [2.24, 2.45) is 17.6 Å². The van der Waals surface area contributed by atoms with Crippen LogP contribution in [-0.2, 0) is 76.8 Å². The zero-order valence-corrected chi connectivity index (χ0v) is 53.4. The predicted octanol–water partition coefficient (Wildman–Crippen LogP) is 3.62. The van der Waals surface area contributed by atoms with Crippen LogP contribution in [0.15, 0.2) is 61.7 Å². The molecule has 5 aromatic rings. The fraction of sp³-hybridized carbons (Fsp3) is 0.509. The zero-order chi connectivity index (χ0) is 66.2. The van der Waals surface area contributed by atoms with Crippen LogP contribution in [0, 0.1) is 11.8 Å². The Labute approximate surface area is 534 Å². The highest BCUT2D eigenvalue weighted by molar-refractivity contribution is 8.44. The number of rotatable bonds is 23. The molecule has 8 heterocycles. The molecule has 34 nitrogen and oxygen atoms in total. The monoisotopic (exact) mass is 1360 g/mol. The number of urea groups is 1. The van der Waals surface area contributed by atoms with Gasteiger partial charge in [-0.1, -0.05) is 57.4 Å². The van der Waals surface area contributed by atoms with Crippen LogP contribution in [0.5, 0.6) is 0 Å². The first-order valence-corrected chi connectivity index (χ1v) is 34.3. The third-order valence-electron chi connectivity index (χ3n) is 15.2. The van der Waals surface area contributed by atoms with Gasteiger partial charge < -0.3 is 57.2 Å². The van der Waals surface area contributed by atoms with E-state index in [1.807, 2.05) is 0 Å². The maximum atomic E-state index is 16.8. The Morgan fingerprint density at radius 1 is 0.783 bits per heavy atom. The molecule has 1 aromatic carbocycles. The minimum atomic E-state index is -4.44. The average Bonchev–Trinajstić information content (AvgIpc) is 1.63. The number of ether oxygens (including phenoxy) is 3. The summed E-state index contributed by atoms with van der Waals surface area (Å²) in [6.07, 6.45) is -2.62. The summed E-state index contributed by atoms with van der Waals surface area (Å²) in [6, 6.07) is 3.44. The summed E-state index contributed by atoms with van der Waals surface area (Å²) < 4.78 is 88.1. The number of thiol groups is 2. The number of unbranched alkanes of at least 4 members (excludes halogenated alkanes) is 1. The Morgan fingerprint density at radius 2 is 1.40 bits per heavy atom. The second kappa shape index (κ2) is 29.9. The molecule has 4 aliphatic heterocycles. The molecule has 0 aliphatic carbocycles. The molecule has 0 bridgehead atoms. The largest absolute Gasteiger partial charge is 0.445 e. The van der Waals surface area contributed by atoms with Crippen molar-refractivity contribution in [3.8, 4) is 0 Å². The smallest absolute Gasteiger partial charge is 0.409 e. The number of amides is 9. The molecule has 0 radical (unpaired) electrons. The van der Waals surface area contributed by atoms with Gasteiger partial charge in [-0.05, 0) is 49.3 Å². The number of imidazole rings is 2. The topological polar surface area (TPSA) is 441 Å². The molecule has 9 amide bonds. The molecule has 4 aliphatic rings. The van der Waals surface area contributed by atoms with Gasteiger partial charge in [0.1, 0.15) is 67.5 Å². The summed E-state index contributed by atoms with van der Waals surface area (Å²) >= 11 is 8.37. The summed E-state index contributed by atoms with van der Waals surface area (Å²) in [6.45, 7) is -4.83. The van der Waals surface area contributed by atoms with E-state index in [0.29, 0.717) is 35.3 Å². The van der Waals surface area contributed by atoms with Gasteiger partial charge in [-0.25, -0.2) is 53.0 Å². The average molecular weight is 1360 g/mol. The number of alkyl halides is 1.